The molecule has 2 rings (SSSR count). The van der Waals surface area contributed by atoms with E-state index in [1.165, 1.54) is 32.4 Å². The van der Waals surface area contributed by atoms with Crippen molar-refractivity contribution in [1.82, 2.24) is 9.88 Å². The molecule has 0 spiro atoms. The zero-order chi connectivity index (χ0) is 12.8. The summed E-state index contributed by atoms with van der Waals surface area (Å²) in [5.74, 6) is 1.08. The number of ether oxygens (including phenoxy) is 1. The van der Waals surface area contributed by atoms with Gasteiger partial charge in [0.2, 0.25) is 5.88 Å². The summed E-state index contributed by atoms with van der Waals surface area (Å²) in [6.45, 7) is 4.04. The third kappa shape index (κ3) is 4.11. The van der Waals surface area contributed by atoms with E-state index in [4.69, 9.17) is 16.3 Å². The van der Waals surface area contributed by atoms with Crippen LogP contribution in [0.5, 0.6) is 5.88 Å². The molecule has 0 saturated carbocycles. The van der Waals surface area contributed by atoms with Gasteiger partial charge in [-0.05, 0) is 47.9 Å². The van der Waals surface area contributed by atoms with Gasteiger partial charge >= 0.3 is 0 Å². The monoisotopic (exact) mass is 332 g/mol. The van der Waals surface area contributed by atoms with E-state index < -0.39 is 0 Å². The summed E-state index contributed by atoms with van der Waals surface area (Å²) in [6.07, 6.45) is 5.72. The first-order valence-corrected chi connectivity index (χ1v) is 7.68. The van der Waals surface area contributed by atoms with Crippen molar-refractivity contribution >= 4 is 27.5 Å². The Morgan fingerprint density at radius 1 is 1.33 bits per heavy atom. The molecular weight excluding hydrogens is 316 g/mol. The minimum absolute atomic E-state index is 0.422. The number of hydrogen-bond acceptors (Lipinski definition) is 3. The second-order valence-corrected chi connectivity index (χ2v) is 5.69. The van der Waals surface area contributed by atoms with E-state index in [-0.39, 0.29) is 0 Å². The van der Waals surface area contributed by atoms with Crippen molar-refractivity contribution in [3.05, 3.63) is 22.3 Å². The van der Waals surface area contributed by atoms with Crippen LogP contribution in [0.15, 0.2) is 16.7 Å². The van der Waals surface area contributed by atoms with Crippen LogP contribution in [0.3, 0.4) is 0 Å². The van der Waals surface area contributed by atoms with E-state index in [2.05, 4.69) is 25.8 Å². The lowest BCUT2D eigenvalue weighted by atomic mass is 10.1. The van der Waals surface area contributed by atoms with Gasteiger partial charge in [0.25, 0.3) is 0 Å². The maximum absolute atomic E-state index is 5.88. The third-order valence-electron chi connectivity index (χ3n) is 3.13. The van der Waals surface area contributed by atoms with Gasteiger partial charge in [-0.1, -0.05) is 6.42 Å². The van der Waals surface area contributed by atoms with Crippen molar-refractivity contribution in [3.63, 3.8) is 0 Å². The molecule has 0 amide bonds. The van der Waals surface area contributed by atoms with Crippen LogP contribution in [0.2, 0.25) is 0 Å². The highest BCUT2D eigenvalue weighted by molar-refractivity contribution is 9.10. The lowest BCUT2D eigenvalue weighted by Gasteiger charge is -2.26. The summed E-state index contributed by atoms with van der Waals surface area (Å²) in [6, 6.07) is 1.95. The zero-order valence-corrected chi connectivity index (χ0v) is 12.7. The second-order valence-electron chi connectivity index (χ2n) is 4.50. The van der Waals surface area contributed by atoms with E-state index in [1.54, 1.807) is 6.20 Å². The standard InChI is InChI=1S/C13H18BrClN2O/c14-12-8-11(9-15)13(16-10-12)18-7-6-17-4-2-1-3-5-17/h8,10H,1-7,9H2. The van der Waals surface area contributed by atoms with Gasteiger partial charge in [-0.25, -0.2) is 4.98 Å². The zero-order valence-electron chi connectivity index (χ0n) is 10.4. The van der Waals surface area contributed by atoms with Crippen molar-refractivity contribution in [3.8, 4) is 5.88 Å². The molecule has 0 atom stereocenters. The van der Waals surface area contributed by atoms with Crippen LogP contribution < -0.4 is 4.74 Å². The van der Waals surface area contributed by atoms with Crippen LogP contribution in [0, 0.1) is 0 Å². The van der Waals surface area contributed by atoms with Crippen molar-refractivity contribution in [2.75, 3.05) is 26.2 Å². The molecule has 1 saturated heterocycles. The summed E-state index contributed by atoms with van der Waals surface area (Å²) in [7, 11) is 0. The number of halogens is 2. The minimum atomic E-state index is 0.422. The molecule has 5 heteroatoms. The third-order valence-corrected chi connectivity index (χ3v) is 3.85. The summed E-state index contributed by atoms with van der Waals surface area (Å²) >= 11 is 9.26. The van der Waals surface area contributed by atoms with Gasteiger partial charge in [-0.3, -0.25) is 4.90 Å². The maximum atomic E-state index is 5.88. The largest absolute Gasteiger partial charge is 0.476 e. The second kappa shape index (κ2) is 7.31. The fourth-order valence-electron chi connectivity index (χ4n) is 2.15. The first kappa shape index (κ1) is 14.1. The molecule has 0 aromatic carbocycles. The summed E-state index contributed by atoms with van der Waals surface area (Å²) < 4.78 is 6.66. The Morgan fingerprint density at radius 2 is 2.11 bits per heavy atom. The molecule has 1 fully saturated rings. The van der Waals surface area contributed by atoms with E-state index in [0.717, 1.165) is 16.6 Å². The first-order chi connectivity index (χ1) is 8.79. The van der Waals surface area contributed by atoms with Gasteiger partial charge in [0.05, 0.1) is 5.88 Å². The van der Waals surface area contributed by atoms with Gasteiger partial charge in [-0.15, -0.1) is 11.6 Å². The van der Waals surface area contributed by atoms with Crippen LogP contribution >= 0.6 is 27.5 Å². The average molecular weight is 334 g/mol. The lowest BCUT2D eigenvalue weighted by molar-refractivity contribution is 0.180. The summed E-state index contributed by atoms with van der Waals surface area (Å²) in [4.78, 5) is 6.71. The smallest absolute Gasteiger partial charge is 0.217 e. The molecule has 1 aromatic rings. The van der Waals surface area contributed by atoms with E-state index >= 15 is 0 Å². The Balaban J connectivity index is 1.82. The molecule has 0 unspecified atom stereocenters. The van der Waals surface area contributed by atoms with E-state index in [1.807, 2.05) is 6.07 Å². The molecule has 0 bridgehead atoms. The molecule has 1 aliphatic rings. The molecule has 0 aliphatic carbocycles. The topological polar surface area (TPSA) is 25.4 Å². The fraction of sp³-hybridized carbons (Fsp3) is 0.615. The fourth-order valence-corrected chi connectivity index (χ4v) is 2.72. The number of pyridine rings is 1. The molecule has 2 heterocycles. The number of piperidine rings is 1. The summed E-state index contributed by atoms with van der Waals surface area (Å²) in [5.41, 5.74) is 0.935. The molecule has 1 aliphatic heterocycles. The lowest BCUT2D eigenvalue weighted by Crippen LogP contribution is -2.33. The minimum Gasteiger partial charge on any atom is -0.476 e. The predicted octanol–water partition coefficient (Wildman–Crippen LogP) is 3.45. The first-order valence-electron chi connectivity index (χ1n) is 6.35. The van der Waals surface area contributed by atoms with E-state index in [0.29, 0.717) is 18.4 Å². The van der Waals surface area contributed by atoms with Crippen molar-refractivity contribution in [2.45, 2.75) is 25.1 Å². The van der Waals surface area contributed by atoms with Crippen LogP contribution in [0.1, 0.15) is 24.8 Å². The van der Waals surface area contributed by atoms with Gasteiger partial charge in [0, 0.05) is 22.8 Å². The molecule has 3 nitrogen and oxygen atoms in total. The van der Waals surface area contributed by atoms with Crippen molar-refractivity contribution in [2.24, 2.45) is 0 Å². The van der Waals surface area contributed by atoms with Crippen molar-refractivity contribution in [1.29, 1.82) is 0 Å². The number of alkyl halides is 1. The van der Waals surface area contributed by atoms with Crippen molar-refractivity contribution < 1.29 is 4.74 Å². The van der Waals surface area contributed by atoms with Gasteiger partial charge < -0.3 is 4.74 Å². The number of hydrogen-bond donors (Lipinski definition) is 0. The maximum Gasteiger partial charge on any atom is 0.217 e. The Labute approximate surface area is 122 Å². The van der Waals surface area contributed by atoms with Gasteiger partial charge in [0.15, 0.2) is 0 Å². The Hall–Kier alpha value is -0.320. The number of likely N-dealkylation sites (tertiary alicyclic amines) is 1. The molecule has 100 valence electrons. The average Bonchev–Trinajstić information content (AvgIpc) is 2.41. The van der Waals surface area contributed by atoms with E-state index in [9.17, 15) is 0 Å². The predicted molar refractivity (Wildman–Crippen MR) is 77.3 cm³/mol. The Morgan fingerprint density at radius 3 is 2.83 bits per heavy atom. The number of rotatable bonds is 5. The van der Waals surface area contributed by atoms with Gasteiger partial charge in [-0.2, -0.15) is 0 Å². The van der Waals surface area contributed by atoms with Crippen LogP contribution in [0.4, 0.5) is 0 Å². The molecule has 18 heavy (non-hydrogen) atoms. The Kier molecular flexibility index (Phi) is 5.73. The normalized spacial score (nSPS) is 16.8. The number of nitrogens with zero attached hydrogens (tertiary/aromatic N) is 2. The highest BCUT2D eigenvalue weighted by Crippen LogP contribution is 2.21. The highest BCUT2D eigenvalue weighted by Gasteiger charge is 2.10. The highest BCUT2D eigenvalue weighted by atomic mass is 79.9. The SMILES string of the molecule is ClCc1cc(Br)cnc1OCCN1CCCCC1. The molecule has 0 radical (unpaired) electrons. The molecular formula is C13H18BrClN2O. The quantitative estimate of drug-likeness (QED) is 0.772. The molecule has 1 aromatic heterocycles. The summed E-state index contributed by atoms with van der Waals surface area (Å²) in [5, 5.41) is 0. The van der Waals surface area contributed by atoms with Crippen LogP contribution in [-0.2, 0) is 5.88 Å². The number of aromatic nitrogens is 1. The van der Waals surface area contributed by atoms with Gasteiger partial charge in [0.1, 0.15) is 6.61 Å². The Bertz CT molecular complexity index is 383. The van der Waals surface area contributed by atoms with Crippen LogP contribution in [-0.4, -0.2) is 36.1 Å². The van der Waals surface area contributed by atoms with Crippen LogP contribution in [0.25, 0.3) is 0 Å². The molecule has 0 N–H and O–H groups in total.